The van der Waals surface area contributed by atoms with Crippen LogP contribution in [-0.2, 0) is 4.74 Å². The monoisotopic (exact) mass is 206 g/mol. The predicted molar refractivity (Wildman–Crippen MR) is 54.0 cm³/mol. The smallest absolute Gasteiger partial charge is 0.343 e. The number of esters is 1. The largest absolute Gasteiger partial charge is 0.462 e. The van der Waals surface area contributed by atoms with Crippen molar-refractivity contribution in [3.8, 4) is 0 Å². The lowest BCUT2D eigenvalue weighted by atomic mass is 10.3. The maximum absolute atomic E-state index is 11.8. The van der Waals surface area contributed by atoms with E-state index < -0.39 is 5.97 Å². The molecule has 1 N–H and O–H groups in total. The van der Waals surface area contributed by atoms with Crippen molar-refractivity contribution < 1.29 is 9.53 Å². The van der Waals surface area contributed by atoms with E-state index >= 15 is 0 Å². The molecule has 5 nitrogen and oxygen atoms in total. The number of hydrogen-bond acceptors (Lipinski definition) is 3. The van der Waals surface area contributed by atoms with Crippen molar-refractivity contribution in [1.29, 1.82) is 0 Å². The van der Waals surface area contributed by atoms with Gasteiger partial charge in [-0.2, -0.15) is 0 Å². The van der Waals surface area contributed by atoms with Crippen molar-refractivity contribution in [3.63, 3.8) is 0 Å². The van der Waals surface area contributed by atoms with Crippen molar-refractivity contribution in [3.05, 3.63) is 40.3 Å². The van der Waals surface area contributed by atoms with Gasteiger partial charge in [0, 0.05) is 12.4 Å². The highest BCUT2D eigenvalue weighted by molar-refractivity contribution is 5.90. The van der Waals surface area contributed by atoms with Crippen LogP contribution in [0, 0.1) is 0 Å². The predicted octanol–water partition coefficient (Wildman–Crippen LogP) is 0.804. The van der Waals surface area contributed by atoms with Crippen LogP contribution in [0.25, 0.3) is 5.52 Å². The summed E-state index contributed by atoms with van der Waals surface area (Å²) in [6, 6.07) is 3.36. The third kappa shape index (κ3) is 1.52. The maximum Gasteiger partial charge on any atom is 0.343 e. The summed E-state index contributed by atoms with van der Waals surface area (Å²) in [5, 5.41) is 2.80. The standard InChI is InChI=1S/C10H10N2O3/c1-2-15-10(14)7-6-11-12-5-3-4-8(12)9(7)13/h3-6,11H,2H2,1H3. The summed E-state index contributed by atoms with van der Waals surface area (Å²) in [5.74, 6) is -0.595. The van der Waals surface area contributed by atoms with E-state index in [4.69, 9.17) is 4.74 Å². The number of carbonyl (C=O) groups is 1. The van der Waals surface area contributed by atoms with Crippen LogP contribution < -0.4 is 5.43 Å². The normalized spacial score (nSPS) is 10.5. The van der Waals surface area contributed by atoms with Gasteiger partial charge in [-0.05, 0) is 19.1 Å². The third-order valence-corrected chi connectivity index (χ3v) is 2.07. The van der Waals surface area contributed by atoms with Crippen molar-refractivity contribution in [1.82, 2.24) is 9.61 Å². The van der Waals surface area contributed by atoms with Gasteiger partial charge in [0.15, 0.2) is 0 Å². The molecule has 0 atom stereocenters. The Morgan fingerprint density at radius 1 is 1.60 bits per heavy atom. The minimum Gasteiger partial charge on any atom is -0.462 e. The molecule has 0 aliphatic rings. The number of H-pyrrole nitrogens is 1. The Hall–Kier alpha value is -2.04. The molecule has 0 aliphatic carbocycles. The fourth-order valence-corrected chi connectivity index (χ4v) is 1.38. The van der Waals surface area contributed by atoms with E-state index in [2.05, 4.69) is 5.10 Å². The first-order chi connectivity index (χ1) is 7.24. The Kier molecular flexibility index (Phi) is 2.29. The van der Waals surface area contributed by atoms with Crippen LogP contribution in [0.5, 0.6) is 0 Å². The van der Waals surface area contributed by atoms with Gasteiger partial charge in [-0.1, -0.05) is 0 Å². The molecule has 0 saturated carbocycles. The molecule has 0 spiro atoms. The molecule has 0 aromatic carbocycles. The number of rotatable bonds is 2. The van der Waals surface area contributed by atoms with Gasteiger partial charge in [0.05, 0.1) is 6.61 Å². The topological polar surface area (TPSA) is 63.6 Å². The average Bonchev–Trinajstić information content (AvgIpc) is 2.67. The number of ether oxygens (including phenoxy) is 1. The first kappa shape index (κ1) is 9.51. The van der Waals surface area contributed by atoms with E-state index in [1.165, 1.54) is 6.20 Å². The molecule has 78 valence electrons. The molecule has 0 fully saturated rings. The second kappa shape index (κ2) is 3.61. The molecule has 0 saturated heterocycles. The zero-order chi connectivity index (χ0) is 10.8. The van der Waals surface area contributed by atoms with E-state index in [9.17, 15) is 9.59 Å². The van der Waals surface area contributed by atoms with Crippen LogP contribution in [0.1, 0.15) is 17.3 Å². The van der Waals surface area contributed by atoms with Crippen LogP contribution in [0.2, 0.25) is 0 Å². The van der Waals surface area contributed by atoms with Crippen molar-refractivity contribution in [2.24, 2.45) is 0 Å². The first-order valence-electron chi connectivity index (χ1n) is 4.60. The molecule has 0 aliphatic heterocycles. The number of aromatic nitrogens is 2. The zero-order valence-corrected chi connectivity index (χ0v) is 8.19. The van der Waals surface area contributed by atoms with Crippen LogP contribution in [-0.4, -0.2) is 22.2 Å². The fraction of sp³-hybridized carbons (Fsp3) is 0.200. The van der Waals surface area contributed by atoms with Gasteiger partial charge in [0.1, 0.15) is 11.1 Å². The van der Waals surface area contributed by atoms with Crippen LogP contribution in [0.3, 0.4) is 0 Å². The number of aromatic amines is 1. The van der Waals surface area contributed by atoms with Crippen LogP contribution in [0.4, 0.5) is 0 Å². The van der Waals surface area contributed by atoms with E-state index in [1.54, 1.807) is 29.8 Å². The summed E-state index contributed by atoms with van der Waals surface area (Å²) in [4.78, 5) is 23.1. The highest BCUT2D eigenvalue weighted by Crippen LogP contribution is 2.00. The van der Waals surface area contributed by atoms with Gasteiger partial charge in [0.2, 0.25) is 5.43 Å². The molecule has 0 amide bonds. The van der Waals surface area contributed by atoms with Crippen molar-refractivity contribution >= 4 is 11.5 Å². The molecule has 0 bridgehead atoms. The Morgan fingerprint density at radius 3 is 3.13 bits per heavy atom. The van der Waals surface area contributed by atoms with Crippen LogP contribution in [0.15, 0.2) is 29.3 Å². The van der Waals surface area contributed by atoms with Gasteiger partial charge in [-0.15, -0.1) is 0 Å². The quantitative estimate of drug-likeness (QED) is 0.739. The van der Waals surface area contributed by atoms with E-state index in [0.717, 1.165) is 0 Å². The number of carbonyl (C=O) groups excluding carboxylic acids is 1. The van der Waals surface area contributed by atoms with E-state index in [1.807, 2.05) is 0 Å². The number of nitrogens with zero attached hydrogens (tertiary/aromatic N) is 1. The van der Waals surface area contributed by atoms with Gasteiger partial charge in [0.25, 0.3) is 0 Å². The summed E-state index contributed by atoms with van der Waals surface area (Å²) in [5.41, 5.74) is 0.140. The van der Waals surface area contributed by atoms with E-state index in [-0.39, 0.29) is 17.6 Å². The molecule has 2 heterocycles. The Morgan fingerprint density at radius 2 is 2.40 bits per heavy atom. The van der Waals surface area contributed by atoms with Gasteiger partial charge in [-0.25, -0.2) is 4.79 Å². The summed E-state index contributed by atoms with van der Waals surface area (Å²) in [6.07, 6.45) is 3.05. The molecule has 5 heteroatoms. The summed E-state index contributed by atoms with van der Waals surface area (Å²) < 4.78 is 6.31. The van der Waals surface area contributed by atoms with E-state index in [0.29, 0.717) is 5.52 Å². The van der Waals surface area contributed by atoms with Crippen LogP contribution >= 0.6 is 0 Å². The molecule has 15 heavy (non-hydrogen) atoms. The lowest BCUT2D eigenvalue weighted by molar-refractivity contribution is 0.0524. The number of nitrogens with one attached hydrogen (secondary N) is 1. The second-order valence-corrected chi connectivity index (χ2v) is 3.00. The number of fused-ring (bicyclic) bond motifs is 1. The Labute approximate surface area is 85.3 Å². The minimum absolute atomic E-state index is 0.0306. The van der Waals surface area contributed by atoms with Gasteiger partial charge >= 0.3 is 5.97 Å². The molecular weight excluding hydrogens is 196 g/mol. The Bertz CT molecular complexity index is 553. The zero-order valence-electron chi connectivity index (χ0n) is 8.19. The third-order valence-electron chi connectivity index (χ3n) is 2.07. The summed E-state index contributed by atoms with van der Waals surface area (Å²) >= 11 is 0. The highest BCUT2D eigenvalue weighted by atomic mass is 16.5. The van der Waals surface area contributed by atoms with Crippen molar-refractivity contribution in [2.75, 3.05) is 6.61 Å². The van der Waals surface area contributed by atoms with Gasteiger partial charge in [-0.3, -0.25) is 9.31 Å². The lowest BCUT2D eigenvalue weighted by Gasteiger charge is -2.01. The molecule has 0 unspecified atom stereocenters. The second-order valence-electron chi connectivity index (χ2n) is 3.00. The molecular formula is C10H10N2O3. The summed E-state index contributed by atoms with van der Waals surface area (Å²) in [6.45, 7) is 1.95. The molecule has 2 aromatic heterocycles. The molecule has 0 radical (unpaired) electrons. The van der Waals surface area contributed by atoms with Crippen molar-refractivity contribution in [2.45, 2.75) is 6.92 Å². The fourth-order valence-electron chi connectivity index (χ4n) is 1.38. The Balaban J connectivity index is 2.57. The SMILES string of the molecule is CCOC(=O)c1c[nH]n2cccc2c1=O. The maximum atomic E-state index is 11.8. The lowest BCUT2D eigenvalue weighted by Crippen LogP contribution is -2.19. The first-order valence-corrected chi connectivity index (χ1v) is 4.60. The van der Waals surface area contributed by atoms with Gasteiger partial charge < -0.3 is 9.84 Å². The highest BCUT2D eigenvalue weighted by Gasteiger charge is 2.13. The minimum atomic E-state index is -0.595. The molecule has 2 rings (SSSR count). The number of hydrogen-bond donors (Lipinski definition) is 1. The average molecular weight is 206 g/mol. The summed E-state index contributed by atoms with van der Waals surface area (Å²) in [7, 11) is 0. The molecule has 2 aromatic rings.